The van der Waals surface area contributed by atoms with Gasteiger partial charge in [-0.05, 0) is 6.92 Å². The molecule has 1 aliphatic heterocycles. The van der Waals surface area contributed by atoms with Gasteiger partial charge in [0.1, 0.15) is 5.78 Å². The number of carbonyl (C=O) groups excluding carboxylic acids is 3. The van der Waals surface area contributed by atoms with Crippen LogP contribution in [-0.2, 0) is 14.4 Å². The molecule has 0 saturated carbocycles. The average Bonchev–Trinajstić information content (AvgIpc) is 2.34. The summed E-state index contributed by atoms with van der Waals surface area (Å²) in [5, 5.41) is 0. The number of ketones is 1. The van der Waals surface area contributed by atoms with Gasteiger partial charge in [-0.2, -0.15) is 0 Å². The first-order valence-corrected chi connectivity index (χ1v) is 6.78. The Hall–Kier alpha value is -1.39. The number of Topliss-reactive ketones (excluding diaryl/α,β-unsaturated/α-hetero) is 1. The predicted octanol–water partition coefficient (Wildman–Crippen LogP) is 1.07. The van der Waals surface area contributed by atoms with Crippen molar-refractivity contribution in [1.82, 2.24) is 9.80 Å². The SMILES string of the molecule is CC(=O)CCC(=O)N1CCN(C(=O)C(C)(C)C)CC1. The van der Waals surface area contributed by atoms with E-state index >= 15 is 0 Å². The molecule has 0 aromatic heterocycles. The van der Waals surface area contributed by atoms with Crippen molar-refractivity contribution >= 4 is 17.6 Å². The summed E-state index contributed by atoms with van der Waals surface area (Å²) in [6.07, 6.45) is 0.586. The molecule has 1 aliphatic rings. The van der Waals surface area contributed by atoms with E-state index in [1.807, 2.05) is 25.7 Å². The Morgan fingerprint density at radius 3 is 1.79 bits per heavy atom. The molecule has 2 amide bonds. The third-order valence-corrected chi connectivity index (χ3v) is 3.25. The maximum atomic E-state index is 12.1. The highest BCUT2D eigenvalue weighted by Gasteiger charge is 2.30. The molecule has 0 aliphatic carbocycles. The van der Waals surface area contributed by atoms with Gasteiger partial charge in [-0.1, -0.05) is 20.8 Å². The van der Waals surface area contributed by atoms with Gasteiger partial charge in [-0.3, -0.25) is 9.59 Å². The van der Waals surface area contributed by atoms with E-state index in [1.165, 1.54) is 6.92 Å². The van der Waals surface area contributed by atoms with Gasteiger partial charge in [0.2, 0.25) is 11.8 Å². The lowest BCUT2D eigenvalue weighted by Gasteiger charge is -2.37. The van der Waals surface area contributed by atoms with E-state index in [2.05, 4.69) is 0 Å². The van der Waals surface area contributed by atoms with Crippen LogP contribution < -0.4 is 0 Å². The topological polar surface area (TPSA) is 57.7 Å². The van der Waals surface area contributed by atoms with Crippen LogP contribution in [0.4, 0.5) is 0 Å². The van der Waals surface area contributed by atoms with E-state index in [9.17, 15) is 14.4 Å². The van der Waals surface area contributed by atoms with E-state index in [0.717, 1.165) is 0 Å². The highest BCUT2D eigenvalue weighted by atomic mass is 16.2. The van der Waals surface area contributed by atoms with Gasteiger partial charge in [0.05, 0.1) is 0 Å². The molecule has 1 heterocycles. The lowest BCUT2D eigenvalue weighted by atomic mass is 9.94. The van der Waals surface area contributed by atoms with E-state index in [1.54, 1.807) is 4.90 Å². The van der Waals surface area contributed by atoms with E-state index in [0.29, 0.717) is 32.6 Å². The van der Waals surface area contributed by atoms with Crippen molar-refractivity contribution in [2.45, 2.75) is 40.5 Å². The third-order valence-electron chi connectivity index (χ3n) is 3.25. The molecule has 0 aromatic carbocycles. The van der Waals surface area contributed by atoms with Crippen LogP contribution in [0.3, 0.4) is 0 Å². The van der Waals surface area contributed by atoms with Crippen molar-refractivity contribution in [3.8, 4) is 0 Å². The lowest BCUT2D eigenvalue weighted by Crippen LogP contribution is -2.53. The first kappa shape index (κ1) is 15.7. The number of nitrogens with zero attached hydrogens (tertiary/aromatic N) is 2. The quantitative estimate of drug-likeness (QED) is 0.769. The van der Waals surface area contributed by atoms with Gasteiger partial charge >= 0.3 is 0 Å². The minimum Gasteiger partial charge on any atom is -0.339 e. The fourth-order valence-electron chi connectivity index (χ4n) is 2.07. The minimum absolute atomic E-state index is 0.0121. The molecule has 0 bridgehead atoms. The smallest absolute Gasteiger partial charge is 0.228 e. The summed E-state index contributed by atoms with van der Waals surface area (Å²) in [6.45, 7) is 9.51. The van der Waals surface area contributed by atoms with Crippen LogP contribution in [0, 0.1) is 5.41 Å². The zero-order valence-corrected chi connectivity index (χ0v) is 12.4. The van der Waals surface area contributed by atoms with E-state index < -0.39 is 0 Å². The molecule has 1 fully saturated rings. The molecule has 0 atom stereocenters. The Morgan fingerprint density at radius 2 is 1.37 bits per heavy atom. The number of piperazine rings is 1. The molecule has 5 heteroatoms. The Labute approximate surface area is 114 Å². The second-order valence-corrected chi connectivity index (χ2v) is 6.13. The van der Waals surface area contributed by atoms with Crippen LogP contribution in [0.15, 0.2) is 0 Å². The van der Waals surface area contributed by atoms with Crippen molar-refractivity contribution in [2.75, 3.05) is 26.2 Å². The van der Waals surface area contributed by atoms with Gasteiger partial charge in [-0.25, -0.2) is 0 Å². The van der Waals surface area contributed by atoms with E-state index in [-0.39, 0.29) is 29.4 Å². The highest BCUT2D eigenvalue weighted by molar-refractivity contribution is 5.84. The van der Waals surface area contributed by atoms with Crippen LogP contribution in [0.5, 0.6) is 0 Å². The second kappa shape index (κ2) is 6.17. The molecule has 0 aromatic rings. The first-order chi connectivity index (χ1) is 8.71. The second-order valence-electron chi connectivity index (χ2n) is 6.13. The normalized spacial score (nSPS) is 16.4. The van der Waals surface area contributed by atoms with Crippen molar-refractivity contribution < 1.29 is 14.4 Å². The molecule has 0 spiro atoms. The Bertz CT molecular complexity index is 363. The zero-order valence-electron chi connectivity index (χ0n) is 12.4. The van der Waals surface area contributed by atoms with Crippen molar-refractivity contribution in [3.63, 3.8) is 0 Å². The molecule has 5 nitrogen and oxygen atoms in total. The maximum absolute atomic E-state index is 12.1. The molecule has 0 radical (unpaired) electrons. The fraction of sp³-hybridized carbons (Fsp3) is 0.786. The van der Waals surface area contributed by atoms with Crippen molar-refractivity contribution in [1.29, 1.82) is 0 Å². The minimum atomic E-state index is -0.374. The van der Waals surface area contributed by atoms with Crippen LogP contribution in [0.2, 0.25) is 0 Å². The summed E-state index contributed by atoms with van der Waals surface area (Å²) in [6, 6.07) is 0. The Balaban J connectivity index is 2.43. The van der Waals surface area contributed by atoms with Crippen molar-refractivity contribution in [3.05, 3.63) is 0 Å². The van der Waals surface area contributed by atoms with Gasteiger partial charge < -0.3 is 14.6 Å². The molecular formula is C14H24N2O3. The summed E-state index contributed by atoms with van der Waals surface area (Å²) >= 11 is 0. The summed E-state index contributed by atoms with van der Waals surface area (Å²) in [5.41, 5.74) is -0.374. The van der Waals surface area contributed by atoms with Gasteiger partial charge in [0.15, 0.2) is 0 Å². The number of carbonyl (C=O) groups is 3. The largest absolute Gasteiger partial charge is 0.339 e. The molecule has 1 saturated heterocycles. The summed E-state index contributed by atoms with van der Waals surface area (Å²) in [4.78, 5) is 38.4. The number of amides is 2. The highest BCUT2D eigenvalue weighted by Crippen LogP contribution is 2.18. The third kappa shape index (κ3) is 4.65. The monoisotopic (exact) mass is 268 g/mol. The van der Waals surface area contributed by atoms with Crippen LogP contribution >= 0.6 is 0 Å². The first-order valence-electron chi connectivity index (χ1n) is 6.78. The van der Waals surface area contributed by atoms with Gasteiger partial charge in [0.25, 0.3) is 0 Å². The number of rotatable bonds is 3. The fourth-order valence-corrected chi connectivity index (χ4v) is 2.07. The molecule has 0 N–H and O–H groups in total. The van der Waals surface area contributed by atoms with Crippen molar-refractivity contribution in [2.24, 2.45) is 5.41 Å². The summed E-state index contributed by atoms with van der Waals surface area (Å²) in [5.74, 6) is 0.177. The molecule has 1 rings (SSSR count). The molecule has 19 heavy (non-hydrogen) atoms. The molecule has 0 unspecified atom stereocenters. The Morgan fingerprint density at radius 1 is 0.895 bits per heavy atom. The molecular weight excluding hydrogens is 244 g/mol. The summed E-state index contributed by atoms with van der Waals surface area (Å²) < 4.78 is 0. The molecule has 108 valence electrons. The standard InChI is InChI=1S/C14H24N2O3/c1-11(17)5-6-12(18)15-7-9-16(10-8-15)13(19)14(2,3)4/h5-10H2,1-4H3. The number of hydrogen-bond acceptors (Lipinski definition) is 3. The maximum Gasteiger partial charge on any atom is 0.228 e. The lowest BCUT2D eigenvalue weighted by molar-refractivity contribution is -0.145. The number of hydrogen-bond donors (Lipinski definition) is 0. The zero-order chi connectivity index (χ0) is 14.6. The Kier molecular flexibility index (Phi) is 5.09. The van der Waals surface area contributed by atoms with Gasteiger partial charge in [-0.15, -0.1) is 0 Å². The van der Waals surface area contributed by atoms with Crippen LogP contribution in [0.1, 0.15) is 40.5 Å². The predicted molar refractivity (Wildman–Crippen MR) is 72.5 cm³/mol. The van der Waals surface area contributed by atoms with Crippen LogP contribution in [-0.4, -0.2) is 53.6 Å². The van der Waals surface area contributed by atoms with Crippen LogP contribution in [0.25, 0.3) is 0 Å². The summed E-state index contributed by atoms with van der Waals surface area (Å²) in [7, 11) is 0. The van der Waals surface area contributed by atoms with E-state index in [4.69, 9.17) is 0 Å². The van der Waals surface area contributed by atoms with Gasteiger partial charge in [0, 0.05) is 44.4 Å². The average molecular weight is 268 g/mol.